The van der Waals surface area contributed by atoms with Crippen molar-refractivity contribution >= 4 is 40.6 Å². The van der Waals surface area contributed by atoms with E-state index < -0.39 is 5.97 Å². The number of hydrogen-bond donors (Lipinski definition) is 3. The zero-order valence-electron chi connectivity index (χ0n) is 9.12. The Hall–Kier alpha value is -1.37. The van der Waals surface area contributed by atoms with Crippen molar-refractivity contribution in [1.82, 2.24) is 5.43 Å². The number of hydrogen-bond acceptors (Lipinski definition) is 4. The molecule has 92 valence electrons. The maximum atomic E-state index is 11.5. The van der Waals surface area contributed by atoms with Crippen LogP contribution in [0.1, 0.15) is 17.3 Å². The molecule has 1 aromatic carbocycles. The number of nitrogens with two attached hydrogens (primary N) is 1. The third-order valence-electron chi connectivity index (χ3n) is 1.86. The second-order valence-corrected chi connectivity index (χ2v) is 3.83. The Bertz CT molecular complexity index is 440. The van der Waals surface area contributed by atoms with Crippen LogP contribution in [0.25, 0.3) is 0 Å². The first kappa shape index (κ1) is 13.7. The molecule has 0 aliphatic heterocycles. The topological polar surface area (TPSA) is 76.4 Å². The molecule has 0 atom stereocenters. The molecule has 0 heterocycles. The van der Waals surface area contributed by atoms with Gasteiger partial charge in [0.1, 0.15) is 0 Å². The summed E-state index contributed by atoms with van der Waals surface area (Å²) < 4.78 is 4.87. The smallest absolute Gasteiger partial charge is 0.338 e. The van der Waals surface area contributed by atoms with Gasteiger partial charge in [0, 0.05) is 0 Å². The normalized spacial score (nSPS) is 9.59. The monoisotopic (exact) mass is 273 g/mol. The molecule has 7 heteroatoms. The molecule has 4 N–H and O–H groups in total. The van der Waals surface area contributed by atoms with Crippen LogP contribution in [-0.2, 0) is 4.74 Å². The molecule has 0 fully saturated rings. The van der Waals surface area contributed by atoms with Gasteiger partial charge in [0.05, 0.1) is 22.9 Å². The number of carbonyl (C=O) groups is 1. The van der Waals surface area contributed by atoms with Gasteiger partial charge in [-0.2, -0.15) is 0 Å². The van der Waals surface area contributed by atoms with Crippen molar-refractivity contribution in [3.63, 3.8) is 0 Å². The van der Waals surface area contributed by atoms with E-state index in [9.17, 15) is 4.79 Å². The van der Waals surface area contributed by atoms with E-state index in [-0.39, 0.29) is 5.11 Å². The largest absolute Gasteiger partial charge is 0.462 e. The van der Waals surface area contributed by atoms with E-state index in [4.69, 9.17) is 34.4 Å². The Balaban J connectivity index is 2.93. The van der Waals surface area contributed by atoms with Gasteiger partial charge in [-0.1, -0.05) is 11.6 Å². The van der Waals surface area contributed by atoms with Gasteiger partial charge in [-0.25, -0.2) is 10.6 Å². The Morgan fingerprint density at radius 1 is 1.59 bits per heavy atom. The summed E-state index contributed by atoms with van der Waals surface area (Å²) in [4.78, 5) is 11.5. The highest BCUT2D eigenvalue weighted by Crippen LogP contribution is 2.23. The SMILES string of the molecule is CCOC(=O)c1ccc(Cl)c(NC(=S)NN)c1. The van der Waals surface area contributed by atoms with Crippen molar-refractivity contribution in [3.05, 3.63) is 28.8 Å². The van der Waals surface area contributed by atoms with Crippen molar-refractivity contribution in [3.8, 4) is 0 Å². The second-order valence-electron chi connectivity index (χ2n) is 3.01. The minimum absolute atomic E-state index is 0.202. The summed E-state index contributed by atoms with van der Waals surface area (Å²) in [6, 6.07) is 4.70. The summed E-state index contributed by atoms with van der Waals surface area (Å²) in [7, 11) is 0. The van der Waals surface area contributed by atoms with Gasteiger partial charge < -0.3 is 15.5 Å². The summed E-state index contributed by atoms with van der Waals surface area (Å²) in [5.74, 6) is 4.71. The average Bonchev–Trinajstić information content (AvgIpc) is 2.32. The first-order valence-corrected chi connectivity index (χ1v) is 5.61. The van der Waals surface area contributed by atoms with Gasteiger partial charge in [0.25, 0.3) is 0 Å². The van der Waals surface area contributed by atoms with E-state index in [0.29, 0.717) is 22.9 Å². The Morgan fingerprint density at radius 3 is 2.88 bits per heavy atom. The van der Waals surface area contributed by atoms with Crippen LogP contribution in [0.2, 0.25) is 5.02 Å². The quantitative estimate of drug-likeness (QED) is 0.337. The summed E-state index contributed by atoms with van der Waals surface area (Å²) in [6.45, 7) is 2.05. The number of benzene rings is 1. The molecular weight excluding hydrogens is 262 g/mol. The third-order valence-corrected chi connectivity index (χ3v) is 2.41. The van der Waals surface area contributed by atoms with Crippen LogP contribution in [0.3, 0.4) is 0 Å². The average molecular weight is 274 g/mol. The minimum atomic E-state index is -0.418. The van der Waals surface area contributed by atoms with Gasteiger partial charge in [0.2, 0.25) is 0 Å². The fourth-order valence-electron chi connectivity index (χ4n) is 1.12. The molecule has 0 unspecified atom stereocenters. The lowest BCUT2D eigenvalue weighted by Gasteiger charge is -2.10. The highest BCUT2D eigenvalue weighted by Gasteiger charge is 2.10. The number of ether oxygens (including phenoxy) is 1. The van der Waals surface area contributed by atoms with Gasteiger partial charge >= 0.3 is 5.97 Å². The Morgan fingerprint density at radius 2 is 2.29 bits per heavy atom. The minimum Gasteiger partial charge on any atom is -0.462 e. The molecule has 5 nitrogen and oxygen atoms in total. The first-order valence-electron chi connectivity index (χ1n) is 4.82. The van der Waals surface area contributed by atoms with Crippen molar-refractivity contribution in [2.24, 2.45) is 5.84 Å². The highest BCUT2D eigenvalue weighted by atomic mass is 35.5. The number of nitrogens with one attached hydrogen (secondary N) is 2. The number of thiocarbonyl (C=S) groups is 1. The maximum absolute atomic E-state index is 11.5. The van der Waals surface area contributed by atoms with Crippen LogP contribution >= 0.6 is 23.8 Å². The van der Waals surface area contributed by atoms with Gasteiger partial charge in [-0.15, -0.1) is 0 Å². The van der Waals surface area contributed by atoms with Crippen LogP contribution < -0.4 is 16.6 Å². The predicted molar refractivity (Wildman–Crippen MR) is 71.0 cm³/mol. The number of carbonyl (C=O) groups excluding carboxylic acids is 1. The molecule has 0 spiro atoms. The molecule has 0 aliphatic carbocycles. The number of hydrazine groups is 1. The summed E-state index contributed by atoms with van der Waals surface area (Å²) >= 11 is 10.8. The standard InChI is InChI=1S/C10H12ClN3O2S/c1-2-16-9(15)6-3-4-7(11)8(5-6)13-10(17)14-12/h3-5H,2,12H2,1H3,(H2,13,14,17). The molecule has 0 saturated heterocycles. The lowest BCUT2D eigenvalue weighted by atomic mass is 10.2. The molecule has 0 aliphatic rings. The number of rotatable bonds is 3. The van der Waals surface area contributed by atoms with Crippen molar-refractivity contribution < 1.29 is 9.53 Å². The van der Waals surface area contributed by atoms with E-state index in [0.717, 1.165) is 0 Å². The van der Waals surface area contributed by atoms with Crippen molar-refractivity contribution in [2.75, 3.05) is 11.9 Å². The molecular formula is C10H12ClN3O2S. The second kappa shape index (κ2) is 6.39. The molecule has 0 saturated carbocycles. The number of halogens is 1. The molecule has 0 radical (unpaired) electrons. The van der Waals surface area contributed by atoms with E-state index in [1.807, 2.05) is 0 Å². The van der Waals surface area contributed by atoms with Gasteiger partial charge in [0.15, 0.2) is 5.11 Å². The summed E-state index contributed by atoms with van der Waals surface area (Å²) in [5.41, 5.74) is 3.13. The third kappa shape index (κ3) is 3.85. The van der Waals surface area contributed by atoms with E-state index >= 15 is 0 Å². The van der Waals surface area contributed by atoms with Crippen molar-refractivity contribution in [1.29, 1.82) is 0 Å². The highest BCUT2D eigenvalue weighted by molar-refractivity contribution is 7.80. The molecule has 0 amide bonds. The zero-order chi connectivity index (χ0) is 12.8. The van der Waals surface area contributed by atoms with Crippen LogP contribution in [0.15, 0.2) is 18.2 Å². The summed E-state index contributed by atoms with van der Waals surface area (Å²) in [6.07, 6.45) is 0. The molecule has 1 aromatic rings. The molecule has 17 heavy (non-hydrogen) atoms. The fraction of sp³-hybridized carbons (Fsp3) is 0.200. The molecule has 0 aromatic heterocycles. The van der Waals surface area contributed by atoms with E-state index in [2.05, 4.69) is 10.7 Å². The number of anilines is 1. The molecule has 1 rings (SSSR count). The maximum Gasteiger partial charge on any atom is 0.338 e. The van der Waals surface area contributed by atoms with Crippen LogP contribution in [0, 0.1) is 0 Å². The Kier molecular flexibility index (Phi) is 5.14. The fourth-order valence-corrected chi connectivity index (χ4v) is 1.40. The van der Waals surface area contributed by atoms with Crippen LogP contribution in [0.5, 0.6) is 0 Å². The van der Waals surface area contributed by atoms with Gasteiger partial charge in [-0.3, -0.25) is 0 Å². The van der Waals surface area contributed by atoms with E-state index in [1.54, 1.807) is 25.1 Å². The Labute approximate surface area is 109 Å². The summed E-state index contributed by atoms with van der Waals surface area (Å²) in [5, 5.41) is 3.38. The lowest BCUT2D eigenvalue weighted by Crippen LogP contribution is -2.34. The van der Waals surface area contributed by atoms with Crippen LogP contribution in [0.4, 0.5) is 5.69 Å². The predicted octanol–water partition coefficient (Wildman–Crippen LogP) is 1.68. The van der Waals surface area contributed by atoms with Crippen molar-refractivity contribution in [2.45, 2.75) is 6.92 Å². The van der Waals surface area contributed by atoms with E-state index in [1.165, 1.54) is 0 Å². The first-order chi connectivity index (χ1) is 8.08. The molecule has 0 bridgehead atoms. The van der Waals surface area contributed by atoms with Gasteiger partial charge in [-0.05, 0) is 37.3 Å². The lowest BCUT2D eigenvalue weighted by molar-refractivity contribution is 0.0526. The number of esters is 1. The van der Waals surface area contributed by atoms with Crippen LogP contribution in [-0.4, -0.2) is 17.7 Å². The zero-order valence-corrected chi connectivity index (χ0v) is 10.7.